The number of phenolic OH excluding ortho intramolecular Hbond substituents is 2. The Kier molecular flexibility index (Phi) is 5.98. The quantitative estimate of drug-likeness (QED) is 0.239. The van der Waals surface area contributed by atoms with Gasteiger partial charge in [0, 0.05) is 21.2 Å². The number of aromatic hydroxyl groups is 2. The van der Waals surface area contributed by atoms with Crippen LogP contribution in [0.1, 0.15) is 16.7 Å². The topological polar surface area (TPSA) is 94.8 Å². The minimum absolute atomic E-state index is 0.0406. The smallest absolute Gasteiger partial charge is 0.283 e. The van der Waals surface area contributed by atoms with E-state index < -0.39 is 14.9 Å². The molecule has 0 saturated heterocycles. The summed E-state index contributed by atoms with van der Waals surface area (Å²) in [7, 11) is -5.11. The molecule has 0 fully saturated rings. The second-order valence-corrected chi connectivity index (χ2v) is 9.31. The molecule has 0 aliphatic carbocycles. The van der Waals surface area contributed by atoms with Crippen LogP contribution in [0, 0.1) is 0 Å². The first-order chi connectivity index (χ1) is 13.5. The van der Waals surface area contributed by atoms with Gasteiger partial charge in [-0.2, -0.15) is 8.42 Å². The van der Waals surface area contributed by atoms with E-state index in [1.54, 1.807) is 0 Å². The van der Waals surface area contributed by atoms with Crippen molar-refractivity contribution in [1.29, 1.82) is 0 Å². The molecule has 152 valence electrons. The van der Waals surface area contributed by atoms with Crippen molar-refractivity contribution in [2.45, 2.75) is 4.75 Å². The van der Waals surface area contributed by atoms with E-state index in [1.165, 1.54) is 42.5 Å². The van der Waals surface area contributed by atoms with Crippen molar-refractivity contribution in [3.63, 3.8) is 0 Å². The number of hydrogen-bond donors (Lipinski definition) is 3. The fourth-order valence-corrected chi connectivity index (χ4v) is 5.63. The standard InChI is InChI=1S/C19H12Cl4O5S/c20-11-7-15(18(23)17(22)8-11)19(29(26,27)28,10-2-1-3-12(24)6-10)14-9-13(25)4-5-16(14)21/h1-9,24-25H,(H,26,27,28). The predicted molar refractivity (Wildman–Crippen MR) is 114 cm³/mol. The summed E-state index contributed by atoms with van der Waals surface area (Å²) in [5, 5.41) is 19.7. The summed E-state index contributed by atoms with van der Waals surface area (Å²) in [5.74, 6) is -0.599. The van der Waals surface area contributed by atoms with Crippen molar-refractivity contribution in [3.8, 4) is 11.5 Å². The summed E-state index contributed by atoms with van der Waals surface area (Å²) >= 11 is 24.9. The van der Waals surface area contributed by atoms with Crippen LogP contribution in [0.2, 0.25) is 20.1 Å². The van der Waals surface area contributed by atoms with Crippen molar-refractivity contribution in [2.75, 3.05) is 0 Å². The van der Waals surface area contributed by atoms with E-state index in [0.29, 0.717) is 0 Å². The van der Waals surface area contributed by atoms with Crippen molar-refractivity contribution in [2.24, 2.45) is 0 Å². The zero-order chi connectivity index (χ0) is 21.6. The highest BCUT2D eigenvalue weighted by Crippen LogP contribution is 2.51. The molecular weight excluding hydrogens is 482 g/mol. The Morgan fingerprint density at radius 1 is 0.759 bits per heavy atom. The fourth-order valence-electron chi connectivity index (χ4n) is 3.20. The molecule has 0 aromatic heterocycles. The van der Waals surface area contributed by atoms with Crippen LogP contribution in [-0.4, -0.2) is 23.2 Å². The van der Waals surface area contributed by atoms with Gasteiger partial charge in [-0.25, -0.2) is 0 Å². The van der Waals surface area contributed by atoms with Crippen molar-refractivity contribution in [1.82, 2.24) is 0 Å². The third-order valence-electron chi connectivity index (χ3n) is 4.34. The molecule has 1 unspecified atom stereocenters. The lowest BCUT2D eigenvalue weighted by atomic mass is 9.83. The van der Waals surface area contributed by atoms with E-state index in [4.69, 9.17) is 46.4 Å². The van der Waals surface area contributed by atoms with Gasteiger partial charge in [0.15, 0.2) is 4.75 Å². The number of halogens is 4. The molecule has 3 N–H and O–H groups in total. The third-order valence-corrected chi connectivity index (χ3v) is 7.14. The monoisotopic (exact) mass is 492 g/mol. The van der Waals surface area contributed by atoms with Gasteiger partial charge in [0.05, 0.1) is 10.0 Å². The van der Waals surface area contributed by atoms with Gasteiger partial charge in [-0.3, -0.25) is 4.55 Å². The maximum Gasteiger partial charge on any atom is 0.283 e. The molecular formula is C19H12Cl4O5S. The Balaban J connectivity index is 2.65. The van der Waals surface area contributed by atoms with E-state index in [-0.39, 0.29) is 48.3 Å². The molecule has 0 saturated carbocycles. The summed E-state index contributed by atoms with van der Waals surface area (Å²) in [6.07, 6.45) is 0. The van der Waals surface area contributed by atoms with Crippen LogP contribution in [0.4, 0.5) is 0 Å². The number of rotatable bonds is 4. The average Bonchev–Trinajstić information content (AvgIpc) is 2.61. The minimum Gasteiger partial charge on any atom is -0.508 e. The molecule has 0 aliphatic heterocycles. The zero-order valence-corrected chi connectivity index (χ0v) is 18.1. The highest BCUT2D eigenvalue weighted by Gasteiger charge is 2.51. The molecule has 3 aromatic carbocycles. The Labute approximate surface area is 186 Å². The Morgan fingerprint density at radius 2 is 1.41 bits per heavy atom. The Hall–Kier alpha value is -1.67. The van der Waals surface area contributed by atoms with E-state index in [9.17, 15) is 23.2 Å². The maximum atomic E-state index is 13.0. The van der Waals surface area contributed by atoms with Gasteiger partial charge in [0.1, 0.15) is 11.5 Å². The summed E-state index contributed by atoms with van der Waals surface area (Å²) in [6, 6.07) is 11.3. The Morgan fingerprint density at radius 3 is 2.03 bits per heavy atom. The van der Waals surface area contributed by atoms with E-state index in [2.05, 4.69) is 0 Å². The van der Waals surface area contributed by atoms with Crippen LogP contribution >= 0.6 is 46.4 Å². The zero-order valence-electron chi connectivity index (χ0n) is 14.3. The van der Waals surface area contributed by atoms with Gasteiger partial charge < -0.3 is 10.2 Å². The molecule has 10 heteroatoms. The maximum absolute atomic E-state index is 13.0. The summed E-state index contributed by atoms with van der Waals surface area (Å²) < 4.78 is 34.0. The van der Waals surface area contributed by atoms with Gasteiger partial charge >= 0.3 is 0 Å². The van der Waals surface area contributed by atoms with Crippen LogP contribution in [0.3, 0.4) is 0 Å². The highest BCUT2D eigenvalue weighted by molar-refractivity contribution is 7.87. The summed E-state index contributed by atoms with van der Waals surface area (Å²) in [4.78, 5) is 0. The third kappa shape index (κ3) is 3.77. The second-order valence-electron chi connectivity index (χ2n) is 6.12. The first-order valence-electron chi connectivity index (χ1n) is 7.89. The number of benzene rings is 3. The summed E-state index contributed by atoms with van der Waals surface area (Å²) in [5.41, 5.74) is -0.530. The molecule has 0 aliphatic rings. The van der Waals surface area contributed by atoms with Gasteiger partial charge in [0.2, 0.25) is 0 Å². The number of hydrogen-bond acceptors (Lipinski definition) is 4. The van der Waals surface area contributed by atoms with Crippen LogP contribution in [0.15, 0.2) is 54.6 Å². The molecule has 3 rings (SSSR count). The lowest BCUT2D eigenvalue weighted by Crippen LogP contribution is -2.39. The van der Waals surface area contributed by atoms with Crippen LogP contribution < -0.4 is 0 Å². The van der Waals surface area contributed by atoms with Gasteiger partial charge in [-0.05, 0) is 48.0 Å². The molecule has 5 nitrogen and oxygen atoms in total. The largest absolute Gasteiger partial charge is 0.508 e. The molecule has 0 heterocycles. The lowest BCUT2D eigenvalue weighted by Gasteiger charge is -2.34. The lowest BCUT2D eigenvalue weighted by molar-refractivity contribution is 0.455. The fraction of sp³-hybridized carbons (Fsp3) is 0.0526. The van der Waals surface area contributed by atoms with E-state index in [1.807, 2.05) is 0 Å². The molecule has 29 heavy (non-hydrogen) atoms. The van der Waals surface area contributed by atoms with Crippen molar-refractivity contribution >= 4 is 56.5 Å². The molecule has 1 atom stereocenters. The minimum atomic E-state index is -5.11. The van der Waals surface area contributed by atoms with E-state index >= 15 is 0 Å². The van der Waals surface area contributed by atoms with Crippen molar-refractivity contribution in [3.05, 3.63) is 91.4 Å². The average molecular weight is 494 g/mol. The molecule has 0 spiro atoms. The molecule has 0 bridgehead atoms. The van der Waals surface area contributed by atoms with Gasteiger partial charge in [0.25, 0.3) is 10.1 Å². The second kappa shape index (κ2) is 7.87. The number of phenols is 2. The Bertz CT molecular complexity index is 1210. The first-order valence-corrected chi connectivity index (χ1v) is 10.8. The SMILES string of the molecule is O=S(=O)(O)C(c1cccc(O)c1)(c1cc(O)ccc1Cl)c1cc(Cl)cc(Cl)c1Cl. The van der Waals surface area contributed by atoms with E-state index in [0.717, 1.165) is 12.1 Å². The van der Waals surface area contributed by atoms with Crippen LogP contribution in [0.25, 0.3) is 0 Å². The first kappa shape index (κ1) is 22.0. The molecule has 0 amide bonds. The highest BCUT2D eigenvalue weighted by atomic mass is 35.5. The normalized spacial score (nSPS) is 13.8. The summed E-state index contributed by atoms with van der Waals surface area (Å²) in [6.45, 7) is 0. The van der Waals surface area contributed by atoms with Gasteiger partial charge in [-0.1, -0.05) is 58.5 Å². The predicted octanol–water partition coefficient (Wildman–Crippen LogP) is 5.89. The molecule has 3 aromatic rings. The van der Waals surface area contributed by atoms with Crippen LogP contribution in [0.5, 0.6) is 11.5 Å². The van der Waals surface area contributed by atoms with Crippen molar-refractivity contribution < 1.29 is 23.2 Å². The van der Waals surface area contributed by atoms with Gasteiger partial charge in [-0.15, -0.1) is 0 Å². The molecule has 0 radical (unpaired) electrons. The van der Waals surface area contributed by atoms with Crippen LogP contribution in [-0.2, 0) is 14.9 Å².